The van der Waals surface area contributed by atoms with Gasteiger partial charge in [0.2, 0.25) is 0 Å². The van der Waals surface area contributed by atoms with Crippen molar-refractivity contribution in [2.24, 2.45) is 0 Å². The van der Waals surface area contributed by atoms with Gasteiger partial charge in [0.05, 0.1) is 6.26 Å². The molecule has 106 valence electrons. The second-order valence-electron chi connectivity index (χ2n) is 5.17. The van der Waals surface area contributed by atoms with Crippen LogP contribution in [-0.2, 0) is 4.79 Å². The maximum absolute atomic E-state index is 11.9. The molecule has 0 unspecified atom stereocenters. The molecule has 1 heterocycles. The predicted molar refractivity (Wildman–Crippen MR) is 80.8 cm³/mol. The molecule has 1 aliphatic carbocycles. The van der Waals surface area contributed by atoms with Gasteiger partial charge in [-0.25, -0.2) is 0 Å². The molecule has 0 bridgehead atoms. The van der Waals surface area contributed by atoms with Crippen molar-refractivity contribution in [1.82, 2.24) is 0 Å². The summed E-state index contributed by atoms with van der Waals surface area (Å²) in [7, 11) is 0. The third kappa shape index (κ3) is 2.55. The lowest BCUT2D eigenvalue weighted by atomic mass is 9.79. The van der Waals surface area contributed by atoms with Gasteiger partial charge in [0.15, 0.2) is 5.78 Å². The number of aliphatic hydroxyl groups is 1. The minimum atomic E-state index is -0.145. The summed E-state index contributed by atoms with van der Waals surface area (Å²) in [6.45, 7) is 1.49. The summed E-state index contributed by atoms with van der Waals surface area (Å²) in [4.78, 5) is 11.9. The van der Waals surface area contributed by atoms with E-state index in [0.29, 0.717) is 12.0 Å². The number of carbonyl (C=O) groups is 1. The van der Waals surface area contributed by atoms with Gasteiger partial charge in [-0.15, -0.1) is 0 Å². The van der Waals surface area contributed by atoms with E-state index in [1.165, 1.54) is 6.92 Å². The number of hydrogen-bond acceptors (Lipinski definition) is 3. The molecule has 1 aromatic carbocycles. The number of hydrogen-bond donors (Lipinski definition) is 1. The van der Waals surface area contributed by atoms with E-state index in [0.717, 1.165) is 16.9 Å². The van der Waals surface area contributed by atoms with Gasteiger partial charge in [0.1, 0.15) is 11.5 Å². The lowest BCUT2D eigenvalue weighted by molar-refractivity contribution is -0.114. The van der Waals surface area contributed by atoms with Gasteiger partial charge in [-0.05, 0) is 42.7 Å². The lowest BCUT2D eigenvalue weighted by Crippen LogP contribution is -2.16. The fourth-order valence-corrected chi connectivity index (χ4v) is 2.83. The Morgan fingerprint density at radius 3 is 2.57 bits per heavy atom. The van der Waals surface area contributed by atoms with E-state index in [-0.39, 0.29) is 17.5 Å². The third-order valence-electron chi connectivity index (χ3n) is 3.78. The Morgan fingerprint density at radius 1 is 1.19 bits per heavy atom. The maximum atomic E-state index is 11.9. The number of allylic oxidation sites excluding steroid dienone is 3. The molecule has 3 rings (SSSR count). The monoisotopic (exact) mass is 280 g/mol. The van der Waals surface area contributed by atoms with Crippen LogP contribution in [0.4, 0.5) is 0 Å². The Hall–Kier alpha value is -2.55. The van der Waals surface area contributed by atoms with Crippen LogP contribution in [-0.4, -0.2) is 10.9 Å². The predicted octanol–water partition coefficient (Wildman–Crippen LogP) is 4.25. The van der Waals surface area contributed by atoms with Crippen molar-refractivity contribution in [2.45, 2.75) is 19.3 Å². The highest BCUT2D eigenvalue weighted by molar-refractivity contribution is 5.97. The van der Waals surface area contributed by atoms with Crippen molar-refractivity contribution in [2.75, 3.05) is 0 Å². The quantitative estimate of drug-likeness (QED) is 0.914. The first-order valence-electron chi connectivity index (χ1n) is 6.90. The first-order valence-corrected chi connectivity index (χ1v) is 6.90. The number of furan rings is 1. The summed E-state index contributed by atoms with van der Waals surface area (Å²) in [5, 5.41) is 10.3. The topological polar surface area (TPSA) is 50.4 Å². The standard InChI is InChI=1S/C18H16O3/c1-12(19)18-15(13-6-3-2-4-7-13)10-14(11-16(18)20)17-8-5-9-21-17/h2-9,11,15,20H,10H2,1H3/t15-/m0/s1. The molecule has 0 saturated heterocycles. The molecule has 1 aliphatic rings. The number of benzene rings is 1. The molecule has 0 amide bonds. The smallest absolute Gasteiger partial charge is 0.160 e. The average Bonchev–Trinajstić information content (AvgIpc) is 3.01. The summed E-state index contributed by atoms with van der Waals surface area (Å²) in [5.41, 5.74) is 2.39. The lowest BCUT2D eigenvalue weighted by Gasteiger charge is -2.25. The highest BCUT2D eigenvalue weighted by Crippen LogP contribution is 2.40. The van der Waals surface area contributed by atoms with Crippen molar-refractivity contribution in [1.29, 1.82) is 0 Å². The van der Waals surface area contributed by atoms with Crippen LogP contribution >= 0.6 is 0 Å². The van der Waals surface area contributed by atoms with Gasteiger partial charge < -0.3 is 9.52 Å². The second kappa shape index (κ2) is 5.44. The number of aliphatic hydroxyl groups excluding tert-OH is 1. The Labute approximate surface area is 123 Å². The van der Waals surface area contributed by atoms with E-state index in [1.54, 1.807) is 12.3 Å². The van der Waals surface area contributed by atoms with Crippen molar-refractivity contribution in [3.05, 3.63) is 77.5 Å². The largest absolute Gasteiger partial charge is 0.508 e. The zero-order valence-corrected chi connectivity index (χ0v) is 11.7. The summed E-state index contributed by atoms with van der Waals surface area (Å²) in [5.74, 6) is 0.518. The number of Topliss-reactive ketones (excluding diaryl/α,β-unsaturated/α-hetero) is 1. The van der Waals surface area contributed by atoms with Crippen molar-refractivity contribution in [3.63, 3.8) is 0 Å². The van der Waals surface area contributed by atoms with Crippen LogP contribution in [0.5, 0.6) is 0 Å². The third-order valence-corrected chi connectivity index (χ3v) is 3.78. The summed E-state index contributed by atoms with van der Waals surface area (Å²) < 4.78 is 5.41. The van der Waals surface area contributed by atoms with Crippen LogP contribution in [0.3, 0.4) is 0 Å². The van der Waals surface area contributed by atoms with Crippen LogP contribution in [0.2, 0.25) is 0 Å². The normalized spacial score (nSPS) is 18.5. The van der Waals surface area contributed by atoms with E-state index in [1.807, 2.05) is 42.5 Å². The van der Waals surface area contributed by atoms with E-state index in [4.69, 9.17) is 4.42 Å². The SMILES string of the molecule is CC(=O)C1=C(O)C=C(c2ccco2)C[C@H]1c1ccccc1. The highest BCUT2D eigenvalue weighted by atomic mass is 16.3. The fourth-order valence-electron chi connectivity index (χ4n) is 2.83. The second-order valence-corrected chi connectivity index (χ2v) is 5.17. The van der Waals surface area contributed by atoms with Gasteiger partial charge >= 0.3 is 0 Å². The van der Waals surface area contributed by atoms with E-state index < -0.39 is 0 Å². The van der Waals surface area contributed by atoms with Gasteiger partial charge in [-0.3, -0.25) is 4.79 Å². The zero-order valence-electron chi connectivity index (χ0n) is 11.7. The molecular weight excluding hydrogens is 264 g/mol. The highest BCUT2D eigenvalue weighted by Gasteiger charge is 2.29. The molecule has 3 nitrogen and oxygen atoms in total. The van der Waals surface area contributed by atoms with Crippen LogP contribution in [0.25, 0.3) is 5.57 Å². The van der Waals surface area contributed by atoms with Gasteiger partial charge in [-0.2, -0.15) is 0 Å². The molecule has 0 aliphatic heterocycles. The van der Waals surface area contributed by atoms with Gasteiger partial charge in [0.25, 0.3) is 0 Å². The fraction of sp³-hybridized carbons (Fsp3) is 0.167. The molecule has 0 saturated carbocycles. The van der Waals surface area contributed by atoms with Crippen LogP contribution < -0.4 is 0 Å². The molecule has 0 fully saturated rings. The minimum Gasteiger partial charge on any atom is -0.508 e. The van der Waals surface area contributed by atoms with Crippen molar-refractivity contribution >= 4 is 11.4 Å². The molecular formula is C18H16O3. The molecule has 21 heavy (non-hydrogen) atoms. The van der Waals surface area contributed by atoms with Gasteiger partial charge in [0, 0.05) is 11.5 Å². The first kappa shape index (κ1) is 13.4. The number of carbonyl (C=O) groups excluding carboxylic acids is 1. The maximum Gasteiger partial charge on any atom is 0.160 e. The van der Waals surface area contributed by atoms with Crippen molar-refractivity contribution < 1.29 is 14.3 Å². The Balaban J connectivity index is 2.08. The minimum absolute atomic E-state index is 0.0361. The number of rotatable bonds is 3. The van der Waals surface area contributed by atoms with Crippen molar-refractivity contribution in [3.8, 4) is 0 Å². The van der Waals surface area contributed by atoms with Crippen LogP contribution in [0.1, 0.15) is 30.6 Å². The summed E-state index contributed by atoms with van der Waals surface area (Å²) in [6.07, 6.45) is 3.88. The summed E-state index contributed by atoms with van der Waals surface area (Å²) >= 11 is 0. The number of ketones is 1. The Morgan fingerprint density at radius 2 is 1.95 bits per heavy atom. The van der Waals surface area contributed by atoms with E-state index in [9.17, 15) is 9.90 Å². The molecule has 1 N–H and O–H groups in total. The Bertz CT molecular complexity index is 706. The zero-order chi connectivity index (χ0) is 14.8. The van der Waals surface area contributed by atoms with Crippen LogP contribution in [0, 0.1) is 0 Å². The first-order chi connectivity index (χ1) is 10.2. The molecule has 1 atom stereocenters. The van der Waals surface area contributed by atoms with Crippen LogP contribution in [0.15, 0.2) is 70.6 Å². The van der Waals surface area contributed by atoms with Gasteiger partial charge in [-0.1, -0.05) is 30.3 Å². The van der Waals surface area contributed by atoms with E-state index >= 15 is 0 Å². The molecule has 3 heteroatoms. The summed E-state index contributed by atoms with van der Waals surface area (Å²) in [6, 6.07) is 13.4. The Kier molecular flexibility index (Phi) is 3.48. The average molecular weight is 280 g/mol. The molecule has 1 aromatic heterocycles. The van der Waals surface area contributed by atoms with E-state index in [2.05, 4.69) is 0 Å². The molecule has 2 aromatic rings. The molecule has 0 spiro atoms. The molecule has 0 radical (unpaired) electrons.